The highest BCUT2D eigenvalue weighted by atomic mass is 15.2. The number of likely N-dealkylation sites (tertiary alicyclic amines) is 1. The highest BCUT2D eigenvalue weighted by Crippen LogP contribution is 2.22. The van der Waals surface area contributed by atoms with Crippen molar-refractivity contribution in [2.24, 2.45) is 0 Å². The van der Waals surface area contributed by atoms with Crippen molar-refractivity contribution in [1.29, 1.82) is 0 Å². The maximum Gasteiger partial charge on any atom is 0.0414 e. The third-order valence-electron chi connectivity index (χ3n) is 3.88. The molecule has 0 spiro atoms. The summed E-state index contributed by atoms with van der Waals surface area (Å²) in [5.74, 6) is 0. The molecule has 1 heterocycles. The van der Waals surface area contributed by atoms with E-state index < -0.39 is 0 Å². The van der Waals surface area contributed by atoms with Crippen molar-refractivity contribution >= 4 is 5.69 Å². The van der Waals surface area contributed by atoms with E-state index in [9.17, 15) is 0 Å². The third-order valence-corrected chi connectivity index (χ3v) is 3.88. The van der Waals surface area contributed by atoms with Gasteiger partial charge in [0, 0.05) is 25.3 Å². The van der Waals surface area contributed by atoms with Gasteiger partial charge in [-0.3, -0.25) is 0 Å². The lowest BCUT2D eigenvalue weighted by Gasteiger charge is -2.38. The largest absolute Gasteiger partial charge is 0.370 e. The molecule has 1 aliphatic heterocycles. The maximum absolute atomic E-state index is 2.56. The molecular formula is C15H24N2. The summed E-state index contributed by atoms with van der Waals surface area (Å²) < 4.78 is 0. The van der Waals surface area contributed by atoms with E-state index >= 15 is 0 Å². The Morgan fingerprint density at radius 3 is 2.94 bits per heavy atom. The summed E-state index contributed by atoms with van der Waals surface area (Å²) in [5.41, 5.74) is 2.70. The van der Waals surface area contributed by atoms with Crippen LogP contribution in [-0.2, 0) is 0 Å². The van der Waals surface area contributed by atoms with Crippen molar-refractivity contribution in [2.45, 2.75) is 32.7 Å². The molecule has 0 radical (unpaired) electrons. The van der Waals surface area contributed by atoms with Gasteiger partial charge < -0.3 is 9.80 Å². The van der Waals surface area contributed by atoms with E-state index in [1.807, 2.05) is 0 Å². The van der Waals surface area contributed by atoms with Crippen LogP contribution in [0.25, 0.3) is 0 Å². The Morgan fingerprint density at radius 1 is 1.41 bits per heavy atom. The summed E-state index contributed by atoms with van der Waals surface area (Å²) in [6.07, 6.45) is 2.65. The second-order valence-corrected chi connectivity index (χ2v) is 5.14. The number of benzene rings is 1. The van der Waals surface area contributed by atoms with Gasteiger partial charge in [-0.05, 0) is 50.6 Å². The van der Waals surface area contributed by atoms with Crippen LogP contribution in [0, 0.1) is 6.92 Å². The van der Waals surface area contributed by atoms with Gasteiger partial charge in [0.25, 0.3) is 0 Å². The van der Waals surface area contributed by atoms with Gasteiger partial charge >= 0.3 is 0 Å². The molecule has 1 atom stereocenters. The molecule has 94 valence electrons. The van der Waals surface area contributed by atoms with Crippen molar-refractivity contribution in [3.05, 3.63) is 29.8 Å². The molecule has 0 N–H and O–H groups in total. The summed E-state index contributed by atoms with van der Waals surface area (Å²) in [6.45, 7) is 8.08. The molecule has 2 heteroatoms. The van der Waals surface area contributed by atoms with Crippen LogP contribution >= 0.6 is 0 Å². The quantitative estimate of drug-likeness (QED) is 0.790. The molecule has 0 aromatic heterocycles. The number of hydrogen-bond donors (Lipinski definition) is 0. The van der Waals surface area contributed by atoms with Crippen LogP contribution in [0.3, 0.4) is 0 Å². The smallest absolute Gasteiger partial charge is 0.0414 e. The van der Waals surface area contributed by atoms with E-state index in [1.165, 1.54) is 43.7 Å². The van der Waals surface area contributed by atoms with Crippen molar-refractivity contribution in [1.82, 2.24) is 4.90 Å². The molecule has 17 heavy (non-hydrogen) atoms. The number of likely N-dealkylation sites (N-methyl/N-ethyl adjacent to an activating group) is 2. The van der Waals surface area contributed by atoms with Gasteiger partial charge in [-0.1, -0.05) is 19.1 Å². The van der Waals surface area contributed by atoms with E-state index in [1.54, 1.807) is 0 Å². The highest BCUT2D eigenvalue weighted by molar-refractivity contribution is 5.48. The number of aryl methyl sites for hydroxylation is 1. The normalized spacial score (nSPS) is 21.5. The Bertz CT molecular complexity index is 362. The Hall–Kier alpha value is -1.02. The van der Waals surface area contributed by atoms with Crippen LogP contribution in [0.4, 0.5) is 5.69 Å². The fourth-order valence-corrected chi connectivity index (χ4v) is 2.69. The Balaban J connectivity index is 2.06. The van der Waals surface area contributed by atoms with Crippen LogP contribution in [0.1, 0.15) is 25.3 Å². The van der Waals surface area contributed by atoms with Gasteiger partial charge in [-0.15, -0.1) is 0 Å². The molecule has 1 fully saturated rings. The average Bonchev–Trinajstić information content (AvgIpc) is 2.38. The molecular weight excluding hydrogens is 208 g/mol. The molecule has 0 amide bonds. The third kappa shape index (κ3) is 3.01. The maximum atomic E-state index is 2.56. The van der Waals surface area contributed by atoms with Crippen molar-refractivity contribution in [3.63, 3.8) is 0 Å². The van der Waals surface area contributed by atoms with Gasteiger partial charge in [0.1, 0.15) is 0 Å². The molecule has 0 bridgehead atoms. The molecule has 1 aliphatic rings. The number of anilines is 1. The summed E-state index contributed by atoms with van der Waals surface area (Å²) in [7, 11) is 2.23. The summed E-state index contributed by atoms with van der Waals surface area (Å²) >= 11 is 0. The van der Waals surface area contributed by atoms with E-state index in [0.717, 1.165) is 0 Å². The lowest BCUT2D eigenvalue weighted by molar-refractivity contribution is 0.216. The van der Waals surface area contributed by atoms with Crippen LogP contribution < -0.4 is 4.90 Å². The van der Waals surface area contributed by atoms with E-state index in [4.69, 9.17) is 0 Å². The van der Waals surface area contributed by atoms with Crippen LogP contribution in [0.15, 0.2) is 24.3 Å². The first kappa shape index (κ1) is 12.4. The average molecular weight is 232 g/mol. The van der Waals surface area contributed by atoms with Crippen molar-refractivity contribution in [2.75, 3.05) is 31.6 Å². The molecule has 0 aliphatic carbocycles. The fourth-order valence-electron chi connectivity index (χ4n) is 2.69. The topological polar surface area (TPSA) is 6.48 Å². The van der Waals surface area contributed by atoms with Crippen LogP contribution in [-0.4, -0.2) is 37.6 Å². The van der Waals surface area contributed by atoms with Gasteiger partial charge in [-0.25, -0.2) is 0 Å². The Kier molecular flexibility index (Phi) is 4.06. The summed E-state index contributed by atoms with van der Waals surface area (Å²) in [5, 5.41) is 0. The molecule has 1 unspecified atom stereocenters. The first-order valence-electron chi connectivity index (χ1n) is 6.72. The Morgan fingerprint density at radius 2 is 2.24 bits per heavy atom. The summed E-state index contributed by atoms with van der Waals surface area (Å²) in [6, 6.07) is 9.49. The highest BCUT2D eigenvalue weighted by Gasteiger charge is 2.22. The lowest BCUT2D eigenvalue weighted by Crippen LogP contribution is -2.46. The van der Waals surface area contributed by atoms with Gasteiger partial charge in [0.05, 0.1) is 0 Å². The molecule has 2 rings (SSSR count). The predicted octanol–water partition coefficient (Wildman–Crippen LogP) is 2.92. The van der Waals surface area contributed by atoms with Crippen molar-refractivity contribution in [3.8, 4) is 0 Å². The van der Waals surface area contributed by atoms with Gasteiger partial charge in [0.15, 0.2) is 0 Å². The van der Waals surface area contributed by atoms with Crippen LogP contribution in [0.5, 0.6) is 0 Å². The minimum Gasteiger partial charge on any atom is -0.370 e. The number of rotatable bonds is 3. The van der Waals surface area contributed by atoms with Gasteiger partial charge in [-0.2, -0.15) is 0 Å². The standard InChI is InChI=1S/C15H24N2/c1-4-17-10-6-9-15(12-17)16(3)14-8-5-7-13(2)11-14/h5,7-8,11,15H,4,6,9-10,12H2,1-3H3. The minimum absolute atomic E-state index is 0.672. The summed E-state index contributed by atoms with van der Waals surface area (Å²) in [4.78, 5) is 5.01. The van der Waals surface area contributed by atoms with E-state index in [-0.39, 0.29) is 0 Å². The van der Waals surface area contributed by atoms with Crippen LogP contribution in [0.2, 0.25) is 0 Å². The number of hydrogen-bond acceptors (Lipinski definition) is 2. The molecule has 1 saturated heterocycles. The molecule has 0 saturated carbocycles. The molecule has 2 nitrogen and oxygen atoms in total. The number of piperidine rings is 1. The second kappa shape index (κ2) is 5.54. The zero-order valence-electron chi connectivity index (χ0n) is 11.3. The Labute approximate surface area is 105 Å². The second-order valence-electron chi connectivity index (χ2n) is 5.14. The SMILES string of the molecule is CCN1CCCC(N(C)c2cccc(C)c2)C1. The first-order chi connectivity index (χ1) is 8.20. The number of nitrogens with zero attached hydrogens (tertiary/aromatic N) is 2. The first-order valence-corrected chi connectivity index (χ1v) is 6.72. The van der Waals surface area contributed by atoms with Gasteiger partial charge in [0.2, 0.25) is 0 Å². The van der Waals surface area contributed by atoms with E-state index in [0.29, 0.717) is 6.04 Å². The fraction of sp³-hybridized carbons (Fsp3) is 0.600. The monoisotopic (exact) mass is 232 g/mol. The molecule has 1 aromatic rings. The zero-order valence-corrected chi connectivity index (χ0v) is 11.3. The van der Waals surface area contributed by atoms with Crippen molar-refractivity contribution < 1.29 is 0 Å². The zero-order chi connectivity index (χ0) is 12.3. The predicted molar refractivity (Wildman–Crippen MR) is 74.7 cm³/mol. The lowest BCUT2D eigenvalue weighted by atomic mass is 10.0. The molecule has 1 aromatic carbocycles. The van der Waals surface area contributed by atoms with E-state index in [2.05, 4.69) is 55.0 Å². The minimum atomic E-state index is 0.672.